The van der Waals surface area contributed by atoms with Gasteiger partial charge in [0.1, 0.15) is 0 Å². The number of hydrogen-bond acceptors (Lipinski definition) is 7. The molecule has 3 aromatic rings. The van der Waals surface area contributed by atoms with E-state index in [0.29, 0.717) is 38.2 Å². The van der Waals surface area contributed by atoms with Crippen LogP contribution in [0.1, 0.15) is 11.4 Å². The first-order valence-electron chi connectivity index (χ1n) is 10.2. The highest BCUT2D eigenvalue weighted by atomic mass is 35.5. The van der Waals surface area contributed by atoms with E-state index in [4.69, 9.17) is 32.7 Å². The molecule has 12 heteroatoms. The van der Waals surface area contributed by atoms with Crippen LogP contribution in [0.2, 0.25) is 10.0 Å². The molecule has 35 heavy (non-hydrogen) atoms. The number of ether oxygens (including phenoxy) is 2. The Balaban J connectivity index is 1.51. The maximum atomic E-state index is 12.3. The van der Waals surface area contributed by atoms with Crippen molar-refractivity contribution in [2.75, 3.05) is 25.3 Å². The Hall–Kier alpha value is -3.21. The SMILES string of the molecule is COc1ccc(C=CC(=O)NCc2nnc(SCC(=O)Nc3cc(Cl)ccc3Cl)n2C)cc1OC. The Bertz CT molecular complexity index is 1250. The Kier molecular flexibility index (Phi) is 9.41. The minimum atomic E-state index is -0.297. The lowest BCUT2D eigenvalue weighted by atomic mass is 10.2. The van der Waals surface area contributed by atoms with E-state index in [1.165, 1.54) is 17.8 Å². The number of halogens is 2. The van der Waals surface area contributed by atoms with Gasteiger partial charge in [-0.25, -0.2) is 0 Å². The maximum absolute atomic E-state index is 12.3. The third kappa shape index (κ3) is 7.38. The number of rotatable bonds is 10. The minimum Gasteiger partial charge on any atom is -0.493 e. The third-order valence-electron chi connectivity index (χ3n) is 4.72. The van der Waals surface area contributed by atoms with Crippen molar-refractivity contribution >= 4 is 58.5 Å². The molecule has 2 N–H and O–H groups in total. The summed E-state index contributed by atoms with van der Waals surface area (Å²) in [7, 11) is 4.87. The lowest BCUT2D eigenvalue weighted by Gasteiger charge is -2.08. The molecule has 0 bridgehead atoms. The first-order valence-corrected chi connectivity index (χ1v) is 12.0. The average molecular weight is 536 g/mol. The maximum Gasteiger partial charge on any atom is 0.244 e. The standard InChI is InChI=1S/C23H23Cl2N5O4S/c1-30-20(12-26-21(31)9-5-14-4-8-18(33-2)19(10-14)34-3)28-29-23(30)35-13-22(32)27-17-11-15(24)6-7-16(17)25/h4-11H,12-13H2,1-3H3,(H,26,31)(H,27,32). The van der Waals surface area contributed by atoms with Gasteiger partial charge in [-0.3, -0.25) is 9.59 Å². The van der Waals surface area contributed by atoms with Gasteiger partial charge in [-0.05, 0) is 42.0 Å². The molecule has 0 saturated heterocycles. The lowest BCUT2D eigenvalue weighted by molar-refractivity contribution is -0.116. The largest absolute Gasteiger partial charge is 0.493 e. The molecule has 3 rings (SSSR count). The fourth-order valence-corrected chi connectivity index (χ4v) is 3.95. The lowest BCUT2D eigenvalue weighted by Crippen LogP contribution is -2.22. The summed E-state index contributed by atoms with van der Waals surface area (Å²) in [5, 5.41) is 15.0. The molecule has 1 heterocycles. The molecule has 1 aromatic heterocycles. The number of aromatic nitrogens is 3. The van der Waals surface area contributed by atoms with Crippen molar-refractivity contribution in [1.82, 2.24) is 20.1 Å². The summed E-state index contributed by atoms with van der Waals surface area (Å²) in [5.41, 5.74) is 1.22. The summed E-state index contributed by atoms with van der Waals surface area (Å²) >= 11 is 13.2. The highest BCUT2D eigenvalue weighted by Crippen LogP contribution is 2.28. The van der Waals surface area contributed by atoms with E-state index in [2.05, 4.69) is 20.8 Å². The molecular weight excluding hydrogens is 513 g/mol. The van der Waals surface area contributed by atoms with Crippen LogP contribution in [-0.2, 0) is 23.2 Å². The fourth-order valence-electron chi connectivity index (χ4n) is 2.89. The van der Waals surface area contributed by atoms with Crippen LogP contribution in [0, 0.1) is 0 Å². The number of benzene rings is 2. The number of nitrogens with zero attached hydrogens (tertiary/aromatic N) is 3. The van der Waals surface area contributed by atoms with Crippen LogP contribution in [0.3, 0.4) is 0 Å². The highest BCUT2D eigenvalue weighted by molar-refractivity contribution is 7.99. The Labute approximate surface area is 216 Å². The molecule has 0 aliphatic rings. The van der Waals surface area contributed by atoms with Crippen molar-refractivity contribution in [2.24, 2.45) is 7.05 Å². The fraction of sp³-hybridized carbons (Fsp3) is 0.217. The zero-order chi connectivity index (χ0) is 25.4. The normalized spacial score (nSPS) is 10.9. The second-order valence-electron chi connectivity index (χ2n) is 7.08. The quantitative estimate of drug-likeness (QED) is 0.296. The topological polar surface area (TPSA) is 107 Å². The van der Waals surface area contributed by atoms with Gasteiger partial charge in [-0.15, -0.1) is 10.2 Å². The van der Waals surface area contributed by atoms with Crippen LogP contribution in [0.25, 0.3) is 6.08 Å². The number of carbonyl (C=O) groups is 2. The molecule has 0 unspecified atom stereocenters. The van der Waals surface area contributed by atoms with E-state index < -0.39 is 0 Å². The predicted octanol–water partition coefficient (Wildman–Crippen LogP) is 4.20. The third-order valence-corrected chi connectivity index (χ3v) is 6.30. The summed E-state index contributed by atoms with van der Waals surface area (Å²) in [6.07, 6.45) is 3.08. The second-order valence-corrected chi connectivity index (χ2v) is 8.87. The summed E-state index contributed by atoms with van der Waals surface area (Å²) in [6.45, 7) is 0.170. The van der Waals surface area contributed by atoms with Gasteiger partial charge < -0.3 is 24.7 Å². The number of anilines is 1. The molecule has 0 fully saturated rings. The second kappa shape index (κ2) is 12.5. The van der Waals surface area contributed by atoms with E-state index >= 15 is 0 Å². The average Bonchev–Trinajstić information content (AvgIpc) is 3.21. The van der Waals surface area contributed by atoms with Gasteiger partial charge in [-0.2, -0.15) is 0 Å². The molecule has 0 saturated carbocycles. The van der Waals surface area contributed by atoms with Gasteiger partial charge in [0.05, 0.1) is 37.2 Å². The molecule has 0 spiro atoms. The van der Waals surface area contributed by atoms with Crippen LogP contribution in [-0.4, -0.2) is 46.6 Å². The molecule has 0 atom stereocenters. The van der Waals surface area contributed by atoms with Crippen molar-refractivity contribution in [3.05, 3.63) is 63.9 Å². The number of nitrogens with one attached hydrogen (secondary N) is 2. The van der Waals surface area contributed by atoms with E-state index in [1.54, 1.807) is 62.2 Å². The van der Waals surface area contributed by atoms with Crippen molar-refractivity contribution in [3.63, 3.8) is 0 Å². The van der Waals surface area contributed by atoms with Crippen LogP contribution in [0.15, 0.2) is 47.6 Å². The number of amides is 2. The molecule has 184 valence electrons. The molecule has 2 aromatic carbocycles. The summed E-state index contributed by atoms with van der Waals surface area (Å²) in [5.74, 6) is 1.25. The van der Waals surface area contributed by atoms with Gasteiger partial charge >= 0.3 is 0 Å². The van der Waals surface area contributed by atoms with Gasteiger partial charge in [0.15, 0.2) is 22.5 Å². The monoisotopic (exact) mass is 535 g/mol. The van der Waals surface area contributed by atoms with E-state index in [0.717, 1.165) is 5.56 Å². The molecular formula is C23H23Cl2N5O4S. The molecule has 0 aliphatic heterocycles. The number of methoxy groups -OCH3 is 2. The van der Waals surface area contributed by atoms with Crippen LogP contribution in [0.5, 0.6) is 11.5 Å². The first-order chi connectivity index (χ1) is 16.8. The number of carbonyl (C=O) groups excluding carboxylic acids is 2. The summed E-state index contributed by atoms with van der Waals surface area (Å²) in [4.78, 5) is 24.5. The summed E-state index contributed by atoms with van der Waals surface area (Å²) in [6, 6.07) is 10.2. The smallest absolute Gasteiger partial charge is 0.244 e. The van der Waals surface area contributed by atoms with Crippen molar-refractivity contribution < 1.29 is 19.1 Å². The van der Waals surface area contributed by atoms with E-state index in [1.807, 2.05) is 6.07 Å². The van der Waals surface area contributed by atoms with Crippen molar-refractivity contribution in [3.8, 4) is 11.5 Å². The Morgan fingerprint density at radius 1 is 1.09 bits per heavy atom. The predicted molar refractivity (Wildman–Crippen MR) is 137 cm³/mol. The molecule has 0 radical (unpaired) electrons. The first kappa shape index (κ1) is 26.4. The van der Waals surface area contributed by atoms with Crippen molar-refractivity contribution in [1.29, 1.82) is 0 Å². The van der Waals surface area contributed by atoms with E-state index in [9.17, 15) is 9.59 Å². The highest BCUT2D eigenvalue weighted by Gasteiger charge is 2.13. The zero-order valence-electron chi connectivity index (χ0n) is 19.2. The van der Waals surface area contributed by atoms with Crippen LogP contribution >= 0.6 is 35.0 Å². The number of thioether (sulfide) groups is 1. The zero-order valence-corrected chi connectivity index (χ0v) is 21.5. The van der Waals surface area contributed by atoms with Crippen molar-refractivity contribution in [2.45, 2.75) is 11.7 Å². The minimum absolute atomic E-state index is 0.0925. The van der Waals surface area contributed by atoms with Gasteiger partial charge in [0.2, 0.25) is 11.8 Å². The molecule has 2 amide bonds. The summed E-state index contributed by atoms with van der Waals surface area (Å²) < 4.78 is 12.2. The van der Waals surface area contributed by atoms with E-state index in [-0.39, 0.29) is 24.1 Å². The molecule has 9 nitrogen and oxygen atoms in total. The Morgan fingerprint density at radius 3 is 2.60 bits per heavy atom. The van der Waals surface area contributed by atoms with Crippen LogP contribution in [0.4, 0.5) is 5.69 Å². The molecule has 0 aliphatic carbocycles. The number of hydrogen-bond donors (Lipinski definition) is 2. The van der Waals surface area contributed by atoms with Gasteiger partial charge in [-0.1, -0.05) is 41.0 Å². The Morgan fingerprint density at radius 2 is 1.86 bits per heavy atom. The van der Waals surface area contributed by atoms with Gasteiger partial charge in [0, 0.05) is 18.1 Å². The van der Waals surface area contributed by atoms with Crippen LogP contribution < -0.4 is 20.1 Å². The van der Waals surface area contributed by atoms with Gasteiger partial charge in [0.25, 0.3) is 0 Å².